The summed E-state index contributed by atoms with van der Waals surface area (Å²) in [5.74, 6) is -25.1. The second-order valence-corrected chi connectivity index (χ2v) is 5.80. The standard InChI is InChI=1S/C17H11F10NO2/c1-28(2-4-29-16-12(24)8(20)6(18)9(21)13(16)25)3-5-30-17-14(26)10(22)7(19)11(23)15(17)27/h2-5H2,1H3. The minimum absolute atomic E-state index is 0.194. The SMILES string of the molecule is CN(CCOc1c(F)c(F)c(F)c(F)c1F)CCOc1c(F)c(F)c(F)c(F)c1F. The van der Waals surface area contributed by atoms with Crippen LogP contribution >= 0.6 is 0 Å². The van der Waals surface area contributed by atoms with Crippen LogP contribution in [0.25, 0.3) is 0 Å². The minimum Gasteiger partial charge on any atom is -0.486 e. The Morgan fingerprint density at radius 2 is 0.700 bits per heavy atom. The first kappa shape index (κ1) is 23.6. The lowest BCUT2D eigenvalue weighted by Crippen LogP contribution is -2.29. The Labute approximate surface area is 162 Å². The topological polar surface area (TPSA) is 21.7 Å². The lowest BCUT2D eigenvalue weighted by atomic mass is 10.2. The molecule has 2 rings (SSSR count). The molecular formula is C17H11F10NO2. The molecule has 0 radical (unpaired) electrons. The molecule has 0 aliphatic carbocycles. The molecule has 0 unspecified atom stereocenters. The van der Waals surface area contributed by atoms with Crippen LogP contribution < -0.4 is 9.47 Å². The number of hydrogen-bond donors (Lipinski definition) is 0. The first-order valence-corrected chi connectivity index (χ1v) is 7.96. The molecule has 2 aromatic carbocycles. The van der Waals surface area contributed by atoms with E-state index in [1.807, 2.05) is 0 Å². The Hall–Kier alpha value is -2.70. The number of halogens is 10. The summed E-state index contributed by atoms with van der Waals surface area (Å²) < 4.78 is 141. The van der Waals surface area contributed by atoms with Crippen molar-refractivity contribution in [3.05, 3.63) is 58.2 Å². The highest BCUT2D eigenvalue weighted by molar-refractivity contribution is 5.30. The van der Waals surface area contributed by atoms with Crippen LogP contribution in [-0.4, -0.2) is 38.3 Å². The van der Waals surface area contributed by atoms with Crippen LogP contribution in [0.3, 0.4) is 0 Å². The van der Waals surface area contributed by atoms with Gasteiger partial charge in [0.05, 0.1) is 0 Å². The number of ether oxygens (including phenoxy) is 2. The fraction of sp³-hybridized carbons (Fsp3) is 0.294. The van der Waals surface area contributed by atoms with Gasteiger partial charge in [-0.15, -0.1) is 0 Å². The van der Waals surface area contributed by atoms with Gasteiger partial charge in [-0.1, -0.05) is 0 Å². The van der Waals surface area contributed by atoms with E-state index in [0.29, 0.717) is 0 Å². The van der Waals surface area contributed by atoms with Gasteiger partial charge in [0.15, 0.2) is 11.5 Å². The molecule has 0 amide bonds. The second-order valence-electron chi connectivity index (χ2n) is 5.80. The fourth-order valence-electron chi connectivity index (χ4n) is 2.14. The number of rotatable bonds is 8. The third-order valence-electron chi connectivity index (χ3n) is 3.78. The summed E-state index contributed by atoms with van der Waals surface area (Å²) in [6.07, 6.45) is 0. The number of benzene rings is 2. The van der Waals surface area contributed by atoms with Crippen LogP contribution in [0.2, 0.25) is 0 Å². The molecule has 0 heterocycles. The van der Waals surface area contributed by atoms with Crippen LogP contribution in [0.5, 0.6) is 11.5 Å². The molecular weight excluding hydrogens is 440 g/mol. The molecule has 0 N–H and O–H groups in total. The van der Waals surface area contributed by atoms with Crippen molar-refractivity contribution in [1.82, 2.24) is 4.90 Å². The van der Waals surface area contributed by atoms with Crippen molar-refractivity contribution >= 4 is 0 Å². The molecule has 3 nitrogen and oxygen atoms in total. The maximum Gasteiger partial charge on any atom is 0.206 e. The zero-order valence-corrected chi connectivity index (χ0v) is 14.9. The molecule has 0 bridgehead atoms. The van der Waals surface area contributed by atoms with Gasteiger partial charge in [-0.3, -0.25) is 4.90 Å². The maximum atomic E-state index is 13.4. The van der Waals surface area contributed by atoms with Gasteiger partial charge in [-0.05, 0) is 7.05 Å². The number of likely N-dealkylation sites (N-methyl/N-ethyl adjacent to an activating group) is 1. The summed E-state index contributed by atoms with van der Waals surface area (Å²) in [4.78, 5) is 1.26. The molecule has 2 aromatic rings. The van der Waals surface area contributed by atoms with E-state index in [4.69, 9.17) is 0 Å². The van der Waals surface area contributed by atoms with E-state index in [9.17, 15) is 43.9 Å². The van der Waals surface area contributed by atoms with E-state index < -0.39 is 82.9 Å². The van der Waals surface area contributed by atoms with Crippen molar-refractivity contribution in [2.24, 2.45) is 0 Å². The molecule has 166 valence electrons. The second kappa shape index (κ2) is 9.41. The summed E-state index contributed by atoms with van der Waals surface area (Å²) in [6.45, 7) is -1.53. The highest BCUT2D eigenvalue weighted by Crippen LogP contribution is 2.30. The van der Waals surface area contributed by atoms with Crippen molar-refractivity contribution < 1.29 is 53.4 Å². The normalized spacial score (nSPS) is 11.3. The van der Waals surface area contributed by atoms with E-state index >= 15 is 0 Å². The third kappa shape index (κ3) is 4.55. The molecule has 0 atom stereocenters. The summed E-state index contributed by atoms with van der Waals surface area (Å²) in [5, 5.41) is 0. The summed E-state index contributed by atoms with van der Waals surface area (Å²) in [6, 6.07) is 0. The number of hydrogen-bond acceptors (Lipinski definition) is 3. The predicted molar refractivity (Wildman–Crippen MR) is 81.0 cm³/mol. The molecule has 0 saturated heterocycles. The predicted octanol–water partition coefficient (Wildman–Crippen LogP) is 4.47. The van der Waals surface area contributed by atoms with Crippen LogP contribution in [0.4, 0.5) is 43.9 Å². The summed E-state index contributed by atoms with van der Waals surface area (Å²) in [5.41, 5.74) is 0. The van der Waals surface area contributed by atoms with Crippen molar-refractivity contribution in [1.29, 1.82) is 0 Å². The Morgan fingerprint density at radius 1 is 0.467 bits per heavy atom. The van der Waals surface area contributed by atoms with Crippen LogP contribution in [0.15, 0.2) is 0 Å². The quantitative estimate of drug-likeness (QED) is 0.336. The van der Waals surface area contributed by atoms with E-state index in [2.05, 4.69) is 9.47 Å². The van der Waals surface area contributed by atoms with Gasteiger partial charge in [0.1, 0.15) is 13.2 Å². The first-order chi connectivity index (χ1) is 14.0. The lowest BCUT2D eigenvalue weighted by molar-refractivity contribution is 0.183. The van der Waals surface area contributed by atoms with E-state index in [-0.39, 0.29) is 13.1 Å². The van der Waals surface area contributed by atoms with Crippen molar-refractivity contribution in [3.8, 4) is 11.5 Å². The third-order valence-corrected chi connectivity index (χ3v) is 3.78. The average Bonchev–Trinajstić information content (AvgIpc) is 2.72. The zero-order chi connectivity index (χ0) is 22.7. The molecule has 30 heavy (non-hydrogen) atoms. The Morgan fingerprint density at radius 3 is 0.967 bits per heavy atom. The largest absolute Gasteiger partial charge is 0.486 e. The molecule has 0 saturated carbocycles. The molecule has 0 aromatic heterocycles. The average molecular weight is 451 g/mol. The Balaban J connectivity index is 1.92. The minimum atomic E-state index is -2.35. The van der Waals surface area contributed by atoms with Crippen molar-refractivity contribution in [2.45, 2.75) is 0 Å². The smallest absolute Gasteiger partial charge is 0.206 e. The van der Waals surface area contributed by atoms with Crippen molar-refractivity contribution in [3.63, 3.8) is 0 Å². The van der Waals surface area contributed by atoms with Crippen LogP contribution in [0, 0.1) is 58.2 Å². The zero-order valence-electron chi connectivity index (χ0n) is 14.9. The summed E-state index contributed by atoms with van der Waals surface area (Å²) in [7, 11) is 1.34. The van der Waals surface area contributed by atoms with Gasteiger partial charge in [0.2, 0.25) is 58.2 Å². The molecule has 0 aliphatic rings. The van der Waals surface area contributed by atoms with Gasteiger partial charge in [-0.2, -0.15) is 17.6 Å². The van der Waals surface area contributed by atoms with Gasteiger partial charge in [-0.25, -0.2) is 26.3 Å². The van der Waals surface area contributed by atoms with Gasteiger partial charge in [0.25, 0.3) is 0 Å². The summed E-state index contributed by atoms with van der Waals surface area (Å²) >= 11 is 0. The van der Waals surface area contributed by atoms with E-state index in [1.54, 1.807) is 0 Å². The van der Waals surface area contributed by atoms with E-state index in [1.165, 1.54) is 11.9 Å². The van der Waals surface area contributed by atoms with Crippen molar-refractivity contribution in [2.75, 3.05) is 33.4 Å². The highest BCUT2D eigenvalue weighted by Gasteiger charge is 2.28. The Bertz CT molecular complexity index is 820. The van der Waals surface area contributed by atoms with Crippen LogP contribution in [-0.2, 0) is 0 Å². The number of nitrogens with zero attached hydrogens (tertiary/aromatic N) is 1. The van der Waals surface area contributed by atoms with Gasteiger partial charge < -0.3 is 9.47 Å². The fourth-order valence-corrected chi connectivity index (χ4v) is 2.14. The molecule has 13 heteroatoms. The molecule has 0 fully saturated rings. The maximum absolute atomic E-state index is 13.4. The Kier molecular flexibility index (Phi) is 7.39. The molecule has 0 aliphatic heterocycles. The highest BCUT2D eigenvalue weighted by atomic mass is 19.2. The van der Waals surface area contributed by atoms with Gasteiger partial charge in [0, 0.05) is 13.1 Å². The van der Waals surface area contributed by atoms with E-state index in [0.717, 1.165) is 0 Å². The lowest BCUT2D eigenvalue weighted by Gasteiger charge is -2.18. The monoisotopic (exact) mass is 451 g/mol. The van der Waals surface area contributed by atoms with Gasteiger partial charge >= 0.3 is 0 Å². The molecule has 0 spiro atoms. The van der Waals surface area contributed by atoms with Crippen LogP contribution in [0.1, 0.15) is 0 Å². The first-order valence-electron chi connectivity index (χ1n) is 7.96.